The van der Waals surface area contributed by atoms with Gasteiger partial charge in [0.15, 0.2) is 0 Å². The van der Waals surface area contributed by atoms with E-state index in [2.05, 4.69) is 17.3 Å². The Kier molecular flexibility index (Phi) is 4.68. The molecule has 1 aliphatic rings. The van der Waals surface area contributed by atoms with Crippen molar-refractivity contribution in [3.8, 4) is 0 Å². The first-order chi connectivity index (χ1) is 9.52. The Morgan fingerprint density at radius 3 is 2.90 bits per heavy atom. The molecular formula is C15H26N4O. The number of nitrogens with zero attached hydrogens (tertiary/aromatic N) is 2. The zero-order chi connectivity index (χ0) is 14.7. The molecule has 5 nitrogen and oxygen atoms in total. The van der Waals surface area contributed by atoms with E-state index in [1.807, 2.05) is 13.8 Å². The third-order valence-electron chi connectivity index (χ3n) is 4.28. The van der Waals surface area contributed by atoms with Gasteiger partial charge in [-0.05, 0) is 38.5 Å². The SMILES string of the molecule is CCn1nc(C)c(N)c1C(=O)NCC1CCCC(C)C1. The number of aryl methyl sites for hydroxylation is 2. The van der Waals surface area contributed by atoms with Gasteiger partial charge < -0.3 is 11.1 Å². The van der Waals surface area contributed by atoms with Gasteiger partial charge in [-0.3, -0.25) is 9.48 Å². The van der Waals surface area contributed by atoms with E-state index >= 15 is 0 Å². The van der Waals surface area contributed by atoms with Crippen molar-refractivity contribution in [1.82, 2.24) is 15.1 Å². The van der Waals surface area contributed by atoms with Gasteiger partial charge in [-0.25, -0.2) is 0 Å². The summed E-state index contributed by atoms with van der Waals surface area (Å²) in [6.45, 7) is 7.49. The molecule has 0 saturated heterocycles. The van der Waals surface area contributed by atoms with Crippen LogP contribution >= 0.6 is 0 Å². The minimum Gasteiger partial charge on any atom is -0.395 e. The van der Waals surface area contributed by atoms with Crippen molar-refractivity contribution >= 4 is 11.6 Å². The lowest BCUT2D eigenvalue weighted by atomic mass is 9.82. The van der Waals surface area contributed by atoms with Gasteiger partial charge in [0.1, 0.15) is 5.69 Å². The molecule has 2 rings (SSSR count). The number of rotatable bonds is 4. The smallest absolute Gasteiger partial charge is 0.271 e. The number of nitrogens with one attached hydrogen (secondary N) is 1. The number of nitrogens with two attached hydrogens (primary N) is 1. The quantitative estimate of drug-likeness (QED) is 0.888. The van der Waals surface area contributed by atoms with E-state index in [1.165, 1.54) is 25.7 Å². The second-order valence-corrected chi connectivity index (χ2v) is 6.01. The second-order valence-electron chi connectivity index (χ2n) is 6.01. The Morgan fingerprint density at radius 1 is 1.50 bits per heavy atom. The minimum absolute atomic E-state index is 0.0943. The van der Waals surface area contributed by atoms with Crippen molar-refractivity contribution < 1.29 is 4.79 Å². The number of nitrogen functional groups attached to an aromatic ring is 1. The number of amides is 1. The van der Waals surface area contributed by atoms with Crippen LogP contribution in [0.4, 0.5) is 5.69 Å². The van der Waals surface area contributed by atoms with Crippen molar-refractivity contribution in [2.75, 3.05) is 12.3 Å². The normalized spacial score (nSPS) is 22.8. The molecule has 20 heavy (non-hydrogen) atoms. The van der Waals surface area contributed by atoms with Crippen molar-refractivity contribution in [3.05, 3.63) is 11.4 Å². The summed E-state index contributed by atoms with van der Waals surface area (Å²) in [7, 11) is 0. The van der Waals surface area contributed by atoms with Crippen LogP contribution in [-0.4, -0.2) is 22.2 Å². The Labute approximate surface area is 120 Å². The number of anilines is 1. The van der Waals surface area contributed by atoms with Crippen LogP contribution in [0, 0.1) is 18.8 Å². The maximum Gasteiger partial charge on any atom is 0.271 e. The first-order valence-corrected chi connectivity index (χ1v) is 7.64. The Balaban J connectivity index is 1.98. The highest BCUT2D eigenvalue weighted by Gasteiger charge is 2.22. The number of hydrogen-bond donors (Lipinski definition) is 2. The number of carbonyl (C=O) groups is 1. The third kappa shape index (κ3) is 3.14. The predicted octanol–water partition coefficient (Wildman–Crippen LogP) is 2.35. The van der Waals surface area contributed by atoms with E-state index in [4.69, 9.17) is 5.73 Å². The molecule has 0 aromatic carbocycles. The highest BCUT2D eigenvalue weighted by Crippen LogP contribution is 2.28. The molecule has 1 aliphatic carbocycles. The zero-order valence-electron chi connectivity index (χ0n) is 12.8. The summed E-state index contributed by atoms with van der Waals surface area (Å²) in [6, 6.07) is 0. The fraction of sp³-hybridized carbons (Fsp3) is 0.733. The van der Waals surface area contributed by atoms with Gasteiger partial charge in [-0.1, -0.05) is 19.8 Å². The van der Waals surface area contributed by atoms with E-state index < -0.39 is 0 Å². The van der Waals surface area contributed by atoms with E-state index in [-0.39, 0.29) is 5.91 Å². The summed E-state index contributed by atoms with van der Waals surface area (Å²) in [5.74, 6) is 1.28. The van der Waals surface area contributed by atoms with Gasteiger partial charge in [0, 0.05) is 13.1 Å². The maximum absolute atomic E-state index is 12.3. The predicted molar refractivity (Wildman–Crippen MR) is 80.5 cm³/mol. The molecule has 1 aromatic heterocycles. The highest BCUT2D eigenvalue weighted by molar-refractivity contribution is 5.97. The summed E-state index contributed by atoms with van der Waals surface area (Å²) >= 11 is 0. The Hall–Kier alpha value is -1.52. The summed E-state index contributed by atoms with van der Waals surface area (Å²) in [6.07, 6.45) is 5.02. The third-order valence-corrected chi connectivity index (χ3v) is 4.28. The molecule has 1 aromatic rings. The molecule has 0 spiro atoms. The van der Waals surface area contributed by atoms with E-state index in [0.29, 0.717) is 23.8 Å². The largest absolute Gasteiger partial charge is 0.395 e. The topological polar surface area (TPSA) is 72.9 Å². The standard InChI is InChI=1S/C15H26N4O/c1-4-19-14(13(16)11(3)18-19)15(20)17-9-12-7-5-6-10(2)8-12/h10,12H,4-9,16H2,1-3H3,(H,17,20). The molecule has 0 aliphatic heterocycles. The van der Waals surface area contributed by atoms with Crippen molar-refractivity contribution in [1.29, 1.82) is 0 Å². The Bertz CT molecular complexity index is 480. The van der Waals surface area contributed by atoms with Crippen molar-refractivity contribution in [2.24, 2.45) is 11.8 Å². The molecule has 2 unspecified atom stereocenters. The number of carbonyl (C=O) groups excluding carboxylic acids is 1. The molecule has 112 valence electrons. The molecule has 2 atom stereocenters. The first-order valence-electron chi connectivity index (χ1n) is 7.64. The summed E-state index contributed by atoms with van der Waals surface area (Å²) in [5.41, 5.74) is 7.70. The molecule has 1 heterocycles. The molecule has 0 bridgehead atoms. The summed E-state index contributed by atoms with van der Waals surface area (Å²) < 4.78 is 1.68. The number of hydrogen-bond acceptors (Lipinski definition) is 3. The average Bonchev–Trinajstić information content (AvgIpc) is 2.72. The average molecular weight is 278 g/mol. The van der Waals surface area contributed by atoms with E-state index in [9.17, 15) is 4.79 Å². The van der Waals surface area contributed by atoms with Gasteiger partial charge in [0.05, 0.1) is 11.4 Å². The molecule has 3 N–H and O–H groups in total. The van der Waals surface area contributed by atoms with Crippen LogP contribution in [0.2, 0.25) is 0 Å². The second kappa shape index (κ2) is 6.29. The summed E-state index contributed by atoms with van der Waals surface area (Å²) in [4.78, 5) is 12.3. The van der Waals surface area contributed by atoms with Crippen LogP contribution in [0.15, 0.2) is 0 Å². The fourth-order valence-corrected chi connectivity index (χ4v) is 3.13. The lowest BCUT2D eigenvalue weighted by Gasteiger charge is -2.26. The lowest BCUT2D eigenvalue weighted by Crippen LogP contribution is -2.33. The van der Waals surface area contributed by atoms with Gasteiger partial charge in [-0.2, -0.15) is 5.10 Å². The van der Waals surface area contributed by atoms with Crippen LogP contribution in [0.25, 0.3) is 0 Å². The molecule has 0 radical (unpaired) electrons. The van der Waals surface area contributed by atoms with E-state index in [1.54, 1.807) is 4.68 Å². The van der Waals surface area contributed by atoms with Crippen molar-refractivity contribution in [2.45, 2.75) is 53.0 Å². The van der Waals surface area contributed by atoms with Crippen LogP contribution in [0.3, 0.4) is 0 Å². The van der Waals surface area contributed by atoms with E-state index in [0.717, 1.165) is 18.2 Å². The minimum atomic E-state index is -0.0943. The van der Waals surface area contributed by atoms with Gasteiger partial charge in [0.25, 0.3) is 5.91 Å². The molecular weight excluding hydrogens is 252 g/mol. The summed E-state index contributed by atoms with van der Waals surface area (Å²) in [5, 5.41) is 7.33. The molecule has 5 heteroatoms. The van der Waals surface area contributed by atoms with Crippen LogP contribution in [0.1, 0.15) is 55.7 Å². The zero-order valence-corrected chi connectivity index (χ0v) is 12.8. The lowest BCUT2D eigenvalue weighted by molar-refractivity contribution is 0.0931. The molecule has 1 amide bonds. The number of aromatic nitrogens is 2. The van der Waals surface area contributed by atoms with Gasteiger partial charge >= 0.3 is 0 Å². The van der Waals surface area contributed by atoms with Crippen LogP contribution in [-0.2, 0) is 6.54 Å². The fourth-order valence-electron chi connectivity index (χ4n) is 3.13. The highest BCUT2D eigenvalue weighted by atomic mass is 16.2. The molecule has 1 fully saturated rings. The van der Waals surface area contributed by atoms with Crippen LogP contribution in [0.5, 0.6) is 0 Å². The maximum atomic E-state index is 12.3. The Morgan fingerprint density at radius 2 is 2.25 bits per heavy atom. The molecule has 1 saturated carbocycles. The van der Waals surface area contributed by atoms with Gasteiger partial charge in [0.2, 0.25) is 0 Å². The first kappa shape index (κ1) is 14.9. The monoisotopic (exact) mass is 278 g/mol. The van der Waals surface area contributed by atoms with Crippen molar-refractivity contribution in [3.63, 3.8) is 0 Å². The van der Waals surface area contributed by atoms with Gasteiger partial charge in [-0.15, -0.1) is 0 Å². The van der Waals surface area contributed by atoms with Crippen LogP contribution < -0.4 is 11.1 Å².